The molecule has 0 N–H and O–H groups in total. The molecule has 1 aromatic heterocycles. The number of amides is 1. The Hall–Kier alpha value is -4.04. The van der Waals surface area contributed by atoms with E-state index >= 15 is 0 Å². The third-order valence-electron chi connectivity index (χ3n) is 6.64. The third-order valence-corrected chi connectivity index (χ3v) is 6.88. The van der Waals surface area contributed by atoms with Gasteiger partial charge >= 0.3 is 0 Å². The van der Waals surface area contributed by atoms with Crippen LogP contribution in [0.15, 0.2) is 65.5 Å². The van der Waals surface area contributed by atoms with E-state index in [0.29, 0.717) is 52.4 Å². The van der Waals surface area contributed by atoms with Crippen molar-refractivity contribution in [1.82, 2.24) is 14.5 Å². The Bertz CT molecular complexity index is 1600. The number of carbonyl (C=O) groups is 1. The standard InChI is InChI=1S/C29H29ClN4O4/c1-5-15-32(28(35)20-12-11-18(3)26(17-20)34(37)38)24(6-2)27-31-23-10-8-7-9-22(23)29(36)33(27)25-14-13-21(30)16-19(25)4/h7-14,16-17,24H,5-6,15H2,1-4H3. The summed E-state index contributed by atoms with van der Waals surface area (Å²) < 4.78 is 1.57. The van der Waals surface area contributed by atoms with Crippen LogP contribution in [0.25, 0.3) is 16.6 Å². The molecule has 3 aromatic carbocycles. The van der Waals surface area contributed by atoms with Gasteiger partial charge in [-0.1, -0.05) is 43.6 Å². The van der Waals surface area contributed by atoms with Crippen LogP contribution >= 0.6 is 11.6 Å². The van der Waals surface area contributed by atoms with Crippen LogP contribution in [0.2, 0.25) is 5.02 Å². The molecule has 1 atom stereocenters. The first-order valence-electron chi connectivity index (χ1n) is 12.5. The van der Waals surface area contributed by atoms with Gasteiger partial charge in [0.1, 0.15) is 5.82 Å². The highest BCUT2D eigenvalue weighted by molar-refractivity contribution is 6.30. The van der Waals surface area contributed by atoms with Crippen molar-refractivity contribution >= 4 is 34.1 Å². The number of fused-ring (bicyclic) bond motifs is 1. The average Bonchev–Trinajstić information content (AvgIpc) is 2.89. The van der Waals surface area contributed by atoms with E-state index in [2.05, 4.69) is 0 Å². The predicted molar refractivity (Wildman–Crippen MR) is 149 cm³/mol. The Kier molecular flexibility index (Phi) is 7.92. The van der Waals surface area contributed by atoms with Gasteiger partial charge < -0.3 is 4.90 Å². The number of nitro benzene ring substituents is 1. The zero-order valence-corrected chi connectivity index (χ0v) is 22.5. The first-order valence-corrected chi connectivity index (χ1v) is 12.9. The minimum absolute atomic E-state index is 0.113. The van der Waals surface area contributed by atoms with Crippen molar-refractivity contribution in [3.63, 3.8) is 0 Å². The third kappa shape index (κ3) is 5.04. The quantitative estimate of drug-likeness (QED) is 0.189. The summed E-state index contributed by atoms with van der Waals surface area (Å²) in [7, 11) is 0. The number of hydrogen-bond donors (Lipinski definition) is 0. The summed E-state index contributed by atoms with van der Waals surface area (Å²) in [4.78, 5) is 45.4. The first kappa shape index (κ1) is 27.0. The Morgan fingerprint density at radius 2 is 1.82 bits per heavy atom. The van der Waals surface area contributed by atoms with E-state index in [4.69, 9.17) is 16.6 Å². The monoisotopic (exact) mass is 532 g/mol. The average molecular weight is 533 g/mol. The molecule has 4 rings (SSSR count). The molecule has 0 fully saturated rings. The second-order valence-electron chi connectivity index (χ2n) is 9.24. The number of rotatable bonds is 8. The van der Waals surface area contributed by atoms with Crippen LogP contribution in [0.5, 0.6) is 0 Å². The lowest BCUT2D eigenvalue weighted by molar-refractivity contribution is -0.385. The van der Waals surface area contributed by atoms with Crippen molar-refractivity contribution in [2.24, 2.45) is 0 Å². The number of aryl methyl sites for hydroxylation is 2. The maximum atomic E-state index is 13.9. The summed E-state index contributed by atoms with van der Waals surface area (Å²) in [6.45, 7) is 7.76. The van der Waals surface area contributed by atoms with Crippen LogP contribution in [0, 0.1) is 24.0 Å². The van der Waals surface area contributed by atoms with Crippen molar-refractivity contribution in [3.05, 3.63) is 109 Å². The van der Waals surface area contributed by atoms with Crippen molar-refractivity contribution in [2.75, 3.05) is 6.54 Å². The lowest BCUT2D eigenvalue weighted by Crippen LogP contribution is -2.39. The van der Waals surface area contributed by atoms with Gasteiger partial charge in [0.25, 0.3) is 17.2 Å². The Balaban J connectivity index is 1.96. The van der Waals surface area contributed by atoms with Crippen molar-refractivity contribution < 1.29 is 9.72 Å². The van der Waals surface area contributed by atoms with Gasteiger partial charge in [0.15, 0.2) is 0 Å². The maximum Gasteiger partial charge on any atom is 0.273 e. The molecule has 1 amide bonds. The summed E-state index contributed by atoms with van der Waals surface area (Å²) in [5.74, 6) is 0.0635. The smallest absolute Gasteiger partial charge is 0.273 e. The van der Waals surface area contributed by atoms with Crippen molar-refractivity contribution in [3.8, 4) is 5.69 Å². The number of carbonyl (C=O) groups excluding carboxylic acids is 1. The predicted octanol–water partition coefficient (Wildman–Crippen LogP) is 6.57. The van der Waals surface area contributed by atoms with Crippen LogP contribution in [0.4, 0.5) is 5.69 Å². The molecule has 196 valence electrons. The molecule has 0 radical (unpaired) electrons. The van der Waals surface area contributed by atoms with Crippen LogP contribution in [-0.4, -0.2) is 31.8 Å². The van der Waals surface area contributed by atoms with Gasteiger partial charge in [-0.25, -0.2) is 4.98 Å². The fourth-order valence-electron chi connectivity index (χ4n) is 4.76. The van der Waals surface area contributed by atoms with Crippen molar-refractivity contribution in [1.29, 1.82) is 0 Å². The largest absolute Gasteiger partial charge is 0.328 e. The number of nitrogens with zero attached hydrogens (tertiary/aromatic N) is 4. The fraction of sp³-hybridized carbons (Fsp3) is 0.276. The molecule has 1 unspecified atom stereocenters. The number of hydrogen-bond acceptors (Lipinski definition) is 5. The van der Waals surface area contributed by atoms with Crippen molar-refractivity contribution in [2.45, 2.75) is 46.6 Å². The normalized spacial score (nSPS) is 11.9. The van der Waals surface area contributed by atoms with Gasteiger partial charge in [-0.15, -0.1) is 0 Å². The number of aromatic nitrogens is 2. The Morgan fingerprint density at radius 3 is 2.47 bits per heavy atom. The second kappa shape index (κ2) is 11.1. The highest BCUT2D eigenvalue weighted by Crippen LogP contribution is 2.30. The molecule has 1 heterocycles. The summed E-state index contributed by atoms with van der Waals surface area (Å²) in [5.41, 5.74) is 2.28. The lowest BCUT2D eigenvalue weighted by atomic mass is 10.1. The number of nitro groups is 1. The summed E-state index contributed by atoms with van der Waals surface area (Å²) >= 11 is 6.21. The molecule has 9 heteroatoms. The molecule has 0 saturated carbocycles. The van der Waals surface area contributed by atoms with Gasteiger partial charge in [-0.05, 0) is 68.7 Å². The Labute approximate surface area is 225 Å². The SMILES string of the molecule is CCCN(C(=O)c1ccc(C)c([N+](=O)[O-])c1)C(CC)c1nc2ccccc2c(=O)n1-c1ccc(Cl)cc1C. The molecule has 0 aliphatic carbocycles. The van der Waals surface area contributed by atoms with Gasteiger partial charge in [0.2, 0.25) is 0 Å². The van der Waals surface area contributed by atoms with Crippen LogP contribution in [0.3, 0.4) is 0 Å². The molecule has 4 aromatic rings. The zero-order chi connectivity index (χ0) is 27.6. The zero-order valence-electron chi connectivity index (χ0n) is 21.8. The molecular weight excluding hydrogens is 504 g/mol. The molecule has 8 nitrogen and oxygen atoms in total. The minimum Gasteiger partial charge on any atom is -0.328 e. The van der Waals surface area contributed by atoms with E-state index in [1.165, 1.54) is 6.07 Å². The van der Waals surface area contributed by atoms with Crippen LogP contribution in [-0.2, 0) is 0 Å². The fourth-order valence-corrected chi connectivity index (χ4v) is 4.99. The topological polar surface area (TPSA) is 98.3 Å². The second-order valence-corrected chi connectivity index (χ2v) is 9.68. The van der Waals surface area contributed by atoms with E-state index in [-0.39, 0.29) is 22.7 Å². The van der Waals surface area contributed by atoms with E-state index < -0.39 is 11.0 Å². The molecule has 38 heavy (non-hydrogen) atoms. The van der Waals surface area contributed by atoms with Gasteiger partial charge in [0.05, 0.1) is 27.6 Å². The number of para-hydroxylation sites is 1. The number of halogens is 1. The summed E-state index contributed by atoms with van der Waals surface area (Å²) in [6.07, 6.45) is 1.12. The van der Waals surface area contributed by atoms with Gasteiger partial charge in [-0.3, -0.25) is 24.3 Å². The lowest BCUT2D eigenvalue weighted by Gasteiger charge is -2.32. The van der Waals surface area contributed by atoms with E-state index in [1.807, 2.05) is 26.8 Å². The van der Waals surface area contributed by atoms with Crippen LogP contribution < -0.4 is 5.56 Å². The van der Waals surface area contributed by atoms with E-state index in [0.717, 1.165) is 5.56 Å². The molecule has 0 aliphatic heterocycles. The van der Waals surface area contributed by atoms with E-state index in [9.17, 15) is 19.7 Å². The van der Waals surface area contributed by atoms with Gasteiger partial charge in [-0.2, -0.15) is 0 Å². The molecule has 0 bridgehead atoms. The highest BCUT2D eigenvalue weighted by atomic mass is 35.5. The summed E-state index contributed by atoms with van der Waals surface area (Å²) in [5, 5.41) is 12.6. The minimum atomic E-state index is -0.574. The number of benzene rings is 3. The van der Waals surface area contributed by atoms with Gasteiger partial charge in [0, 0.05) is 28.8 Å². The maximum absolute atomic E-state index is 13.9. The first-order chi connectivity index (χ1) is 18.2. The molecular formula is C29H29ClN4O4. The summed E-state index contributed by atoms with van der Waals surface area (Å²) in [6, 6.07) is 16.3. The highest BCUT2D eigenvalue weighted by Gasteiger charge is 2.30. The molecule has 0 spiro atoms. The Morgan fingerprint density at radius 1 is 1.08 bits per heavy atom. The van der Waals surface area contributed by atoms with Crippen LogP contribution in [0.1, 0.15) is 60.0 Å². The van der Waals surface area contributed by atoms with E-state index in [1.54, 1.807) is 64.9 Å². The molecule has 0 aliphatic rings. The molecule has 0 saturated heterocycles.